The van der Waals surface area contributed by atoms with Crippen molar-refractivity contribution in [3.05, 3.63) is 35.4 Å². The van der Waals surface area contributed by atoms with Crippen LogP contribution in [0.2, 0.25) is 0 Å². The van der Waals surface area contributed by atoms with Crippen LogP contribution in [0, 0.1) is 11.3 Å². The van der Waals surface area contributed by atoms with Crippen molar-refractivity contribution in [1.82, 2.24) is 0 Å². The van der Waals surface area contributed by atoms with E-state index >= 15 is 0 Å². The van der Waals surface area contributed by atoms with E-state index in [2.05, 4.69) is 24.3 Å². The molecule has 1 aromatic carbocycles. The Balaban J connectivity index is 1.88. The average molecular weight is 200 g/mol. The fraction of sp³-hybridized carbons (Fsp3) is 0.462. The molecule has 0 unspecified atom stereocenters. The largest absolute Gasteiger partial charge is 0.469 e. The lowest BCUT2D eigenvalue weighted by molar-refractivity contribution is -0.151. The van der Waals surface area contributed by atoms with Gasteiger partial charge in [0.05, 0.1) is 12.5 Å². The Labute approximate surface area is 88.2 Å². The summed E-state index contributed by atoms with van der Waals surface area (Å²) in [5, 5.41) is 0. The highest BCUT2D eigenvalue weighted by Gasteiger charge is 2.84. The van der Waals surface area contributed by atoms with E-state index in [1.165, 1.54) is 24.7 Å². The average Bonchev–Trinajstić information content (AvgIpc) is 2.71. The molecule has 0 saturated heterocycles. The molecule has 1 aromatic rings. The third-order valence-corrected chi connectivity index (χ3v) is 4.73. The zero-order valence-electron chi connectivity index (χ0n) is 8.57. The standard InChI is InChI=1S/C13H12O2/c1-15-12(14)13-9-6-10(13)11(13)8-5-3-2-4-7(8)9/h2-5,9-11H,6H2,1H3/t9-,10+,11-,13-/m1/s1. The summed E-state index contributed by atoms with van der Waals surface area (Å²) in [6.45, 7) is 0. The van der Waals surface area contributed by atoms with Crippen molar-refractivity contribution in [2.75, 3.05) is 7.11 Å². The molecule has 0 aromatic heterocycles. The third kappa shape index (κ3) is 0.587. The number of fused-ring (bicyclic) bond motifs is 4. The third-order valence-electron chi connectivity index (χ3n) is 4.73. The van der Waals surface area contributed by atoms with Crippen LogP contribution in [-0.2, 0) is 9.53 Å². The number of hydrogen-bond acceptors (Lipinski definition) is 2. The highest BCUT2D eigenvalue weighted by atomic mass is 16.5. The number of rotatable bonds is 1. The van der Waals surface area contributed by atoms with Crippen LogP contribution in [0.1, 0.15) is 29.4 Å². The van der Waals surface area contributed by atoms with E-state index in [1.807, 2.05) is 0 Å². The SMILES string of the molecule is COC(=O)[C@]12[C@@H]3C[C@H]1[C@H]2c1ccccc13. The molecule has 0 amide bonds. The van der Waals surface area contributed by atoms with Crippen LogP contribution in [0.3, 0.4) is 0 Å². The molecule has 0 radical (unpaired) electrons. The second-order valence-electron chi connectivity index (χ2n) is 4.93. The number of carbonyl (C=O) groups is 1. The van der Waals surface area contributed by atoms with Gasteiger partial charge in [0.25, 0.3) is 0 Å². The van der Waals surface area contributed by atoms with Crippen molar-refractivity contribution in [3.63, 3.8) is 0 Å². The summed E-state index contributed by atoms with van der Waals surface area (Å²) in [7, 11) is 1.51. The fourth-order valence-electron chi connectivity index (χ4n) is 4.14. The number of ether oxygens (including phenoxy) is 1. The monoisotopic (exact) mass is 200 g/mol. The van der Waals surface area contributed by atoms with Crippen LogP contribution < -0.4 is 0 Å². The molecule has 0 bridgehead atoms. The van der Waals surface area contributed by atoms with E-state index in [0.717, 1.165) is 0 Å². The zero-order valence-corrected chi connectivity index (χ0v) is 8.57. The molecule has 0 aliphatic heterocycles. The minimum absolute atomic E-state index is 0.0185. The molecule has 2 fully saturated rings. The summed E-state index contributed by atoms with van der Waals surface area (Å²) < 4.78 is 4.97. The summed E-state index contributed by atoms with van der Waals surface area (Å²) in [4.78, 5) is 11.9. The first kappa shape index (κ1) is 7.91. The van der Waals surface area contributed by atoms with Gasteiger partial charge in [0.15, 0.2) is 0 Å². The Hall–Kier alpha value is -1.31. The molecule has 15 heavy (non-hydrogen) atoms. The predicted octanol–water partition coefficient (Wildman–Crippen LogP) is 2.06. The normalized spacial score (nSPS) is 42.6. The number of benzene rings is 1. The van der Waals surface area contributed by atoms with Crippen LogP contribution >= 0.6 is 0 Å². The van der Waals surface area contributed by atoms with Crippen LogP contribution in [0.15, 0.2) is 24.3 Å². The molecule has 3 aliphatic carbocycles. The van der Waals surface area contributed by atoms with Gasteiger partial charge in [-0.2, -0.15) is 0 Å². The second kappa shape index (κ2) is 2.11. The maximum Gasteiger partial charge on any atom is 0.313 e. The molecule has 3 aliphatic rings. The molecule has 2 heteroatoms. The van der Waals surface area contributed by atoms with E-state index in [0.29, 0.717) is 17.8 Å². The molecule has 0 spiro atoms. The van der Waals surface area contributed by atoms with E-state index in [4.69, 9.17) is 4.74 Å². The van der Waals surface area contributed by atoms with Gasteiger partial charge in [-0.3, -0.25) is 4.79 Å². The Bertz CT molecular complexity index is 452. The van der Waals surface area contributed by atoms with Crippen molar-refractivity contribution in [2.45, 2.75) is 18.3 Å². The minimum Gasteiger partial charge on any atom is -0.469 e. The summed E-state index contributed by atoms with van der Waals surface area (Å²) in [5.41, 5.74) is 2.68. The number of esters is 1. The topological polar surface area (TPSA) is 26.3 Å². The summed E-state index contributed by atoms with van der Waals surface area (Å²) in [5.74, 6) is 1.54. The Morgan fingerprint density at radius 2 is 2.13 bits per heavy atom. The van der Waals surface area contributed by atoms with Crippen LogP contribution in [0.4, 0.5) is 0 Å². The Morgan fingerprint density at radius 1 is 1.40 bits per heavy atom. The molecule has 2 saturated carbocycles. The Kier molecular flexibility index (Phi) is 1.11. The van der Waals surface area contributed by atoms with Crippen molar-refractivity contribution in [3.8, 4) is 0 Å². The van der Waals surface area contributed by atoms with Crippen LogP contribution in [0.25, 0.3) is 0 Å². The van der Waals surface area contributed by atoms with E-state index in [-0.39, 0.29) is 11.4 Å². The summed E-state index contributed by atoms with van der Waals surface area (Å²) >= 11 is 0. The smallest absolute Gasteiger partial charge is 0.313 e. The van der Waals surface area contributed by atoms with E-state index in [1.54, 1.807) is 0 Å². The highest BCUT2D eigenvalue weighted by molar-refractivity contribution is 5.89. The van der Waals surface area contributed by atoms with Gasteiger partial charge < -0.3 is 4.74 Å². The Morgan fingerprint density at radius 3 is 2.80 bits per heavy atom. The summed E-state index contributed by atoms with van der Waals surface area (Å²) in [6.07, 6.45) is 1.19. The number of carbonyl (C=O) groups excluding carboxylic acids is 1. The summed E-state index contributed by atoms with van der Waals surface area (Å²) in [6, 6.07) is 8.50. The molecule has 2 nitrogen and oxygen atoms in total. The molecular formula is C13H12O2. The maximum absolute atomic E-state index is 11.9. The molecule has 0 heterocycles. The van der Waals surface area contributed by atoms with Gasteiger partial charge in [0.2, 0.25) is 0 Å². The highest BCUT2D eigenvalue weighted by Crippen LogP contribution is 2.87. The fourth-order valence-corrected chi connectivity index (χ4v) is 4.14. The predicted molar refractivity (Wildman–Crippen MR) is 54.5 cm³/mol. The molecule has 76 valence electrons. The van der Waals surface area contributed by atoms with Crippen molar-refractivity contribution in [2.24, 2.45) is 11.3 Å². The van der Waals surface area contributed by atoms with Crippen molar-refractivity contribution in [1.29, 1.82) is 0 Å². The quantitative estimate of drug-likeness (QED) is 0.648. The molecule has 0 N–H and O–H groups in total. The lowest BCUT2D eigenvalue weighted by atomic mass is 9.70. The second-order valence-corrected chi connectivity index (χ2v) is 4.93. The maximum atomic E-state index is 11.9. The number of hydrogen-bond donors (Lipinski definition) is 0. The first-order chi connectivity index (χ1) is 7.31. The lowest BCUT2D eigenvalue weighted by Gasteiger charge is -2.33. The molecule has 4 rings (SSSR count). The lowest BCUT2D eigenvalue weighted by Crippen LogP contribution is -2.34. The van der Waals surface area contributed by atoms with Gasteiger partial charge in [-0.05, 0) is 23.5 Å². The van der Waals surface area contributed by atoms with Gasteiger partial charge >= 0.3 is 5.97 Å². The van der Waals surface area contributed by atoms with Gasteiger partial charge in [-0.25, -0.2) is 0 Å². The minimum atomic E-state index is -0.127. The van der Waals surface area contributed by atoms with Crippen LogP contribution in [0.5, 0.6) is 0 Å². The van der Waals surface area contributed by atoms with Crippen molar-refractivity contribution < 1.29 is 9.53 Å². The van der Waals surface area contributed by atoms with Crippen molar-refractivity contribution >= 4 is 5.97 Å². The molecule has 4 atom stereocenters. The van der Waals surface area contributed by atoms with Gasteiger partial charge in [0.1, 0.15) is 0 Å². The number of methoxy groups -OCH3 is 1. The first-order valence-electron chi connectivity index (χ1n) is 5.49. The van der Waals surface area contributed by atoms with E-state index < -0.39 is 0 Å². The van der Waals surface area contributed by atoms with Gasteiger partial charge in [-0.1, -0.05) is 24.3 Å². The molecular weight excluding hydrogens is 188 g/mol. The van der Waals surface area contributed by atoms with Gasteiger partial charge in [-0.15, -0.1) is 0 Å². The van der Waals surface area contributed by atoms with Gasteiger partial charge in [0, 0.05) is 11.8 Å². The van der Waals surface area contributed by atoms with Crippen LogP contribution in [-0.4, -0.2) is 13.1 Å². The first-order valence-corrected chi connectivity index (χ1v) is 5.49. The van der Waals surface area contributed by atoms with E-state index in [9.17, 15) is 4.79 Å². The zero-order chi connectivity index (χ0) is 10.2.